The number of aromatic hydroxyl groups is 2. The minimum atomic E-state index is -0.331. The van der Waals surface area contributed by atoms with Crippen molar-refractivity contribution in [1.29, 1.82) is 0 Å². The molecule has 5 heteroatoms. The fourth-order valence-corrected chi connectivity index (χ4v) is 0.882. The van der Waals surface area contributed by atoms with Crippen molar-refractivity contribution in [3.05, 3.63) is 60.2 Å². The molecule has 2 aromatic rings. The van der Waals surface area contributed by atoms with E-state index in [1.165, 1.54) is 48.5 Å². The third-order valence-electron chi connectivity index (χ3n) is 1.65. The predicted octanol–water partition coefficient (Wildman–Crippen LogP) is 3.06. The van der Waals surface area contributed by atoms with Crippen molar-refractivity contribution in [2.75, 3.05) is 0 Å². The zero-order valence-electron chi connectivity index (χ0n) is 8.77. The molecule has 0 aliphatic rings. The molecule has 2 N–H and O–H groups in total. The van der Waals surface area contributed by atoms with E-state index in [-0.39, 0.29) is 49.3 Å². The summed E-state index contributed by atoms with van der Waals surface area (Å²) < 4.78 is 24.0. The van der Waals surface area contributed by atoms with Gasteiger partial charge in [-0.1, -0.05) is 0 Å². The van der Waals surface area contributed by atoms with Gasteiger partial charge in [-0.15, -0.1) is 0 Å². The van der Waals surface area contributed by atoms with Crippen LogP contribution >= 0.6 is 0 Å². The number of hydrogen-bond donors (Lipinski definition) is 2. The normalized spacial score (nSPS) is 8.59. The van der Waals surface area contributed by atoms with Crippen molar-refractivity contribution in [1.82, 2.24) is 0 Å². The molecule has 2 nitrogen and oxygen atoms in total. The molecule has 0 bridgehead atoms. The first-order chi connectivity index (χ1) is 7.58. The molecule has 88 valence electrons. The molecule has 0 saturated heterocycles. The Morgan fingerprint density at radius 2 is 0.824 bits per heavy atom. The smallest absolute Gasteiger partial charge is 0.123 e. The molecule has 0 atom stereocenters. The minimum absolute atomic E-state index is 0. The predicted molar refractivity (Wildman–Crippen MR) is 56.1 cm³/mol. The number of phenols is 2. The van der Waals surface area contributed by atoms with E-state index in [1.807, 2.05) is 0 Å². The zero-order chi connectivity index (χ0) is 12.0. The van der Waals surface area contributed by atoms with E-state index in [0.29, 0.717) is 0 Å². The van der Waals surface area contributed by atoms with Crippen LogP contribution in [0.2, 0.25) is 0 Å². The molecule has 0 fully saturated rings. The van der Waals surface area contributed by atoms with Gasteiger partial charge in [-0.25, -0.2) is 8.78 Å². The van der Waals surface area contributed by atoms with Crippen LogP contribution < -0.4 is 0 Å². The van der Waals surface area contributed by atoms with Crippen molar-refractivity contribution in [2.24, 2.45) is 0 Å². The molecule has 0 unspecified atom stereocenters. The molecule has 17 heavy (non-hydrogen) atoms. The number of hydrogen-bond acceptors (Lipinski definition) is 2. The van der Waals surface area contributed by atoms with E-state index in [0.717, 1.165) is 0 Å². The zero-order valence-corrected chi connectivity index (χ0v) is 11.2. The molecule has 0 radical (unpaired) electrons. The minimum Gasteiger partial charge on any atom is -0.508 e. The summed E-state index contributed by atoms with van der Waals surface area (Å²) in [7, 11) is 0. The maximum absolute atomic E-state index is 12.0. The third-order valence-corrected chi connectivity index (χ3v) is 1.65. The first-order valence-electron chi connectivity index (χ1n) is 4.47. The van der Waals surface area contributed by atoms with Gasteiger partial charge in [-0.3, -0.25) is 0 Å². The second kappa shape index (κ2) is 7.96. The average Bonchev–Trinajstić information content (AvgIpc) is 2.28. The fourth-order valence-electron chi connectivity index (χ4n) is 0.882. The van der Waals surface area contributed by atoms with Crippen LogP contribution in [-0.2, 0) is 26.2 Å². The molecule has 0 saturated carbocycles. The topological polar surface area (TPSA) is 40.5 Å². The van der Waals surface area contributed by atoms with Gasteiger partial charge in [0.1, 0.15) is 23.1 Å². The maximum atomic E-state index is 12.0. The summed E-state index contributed by atoms with van der Waals surface area (Å²) in [5.74, 6) is -0.483. The summed E-state index contributed by atoms with van der Waals surface area (Å²) in [6.07, 6.45) is 0. The van der Waals surface area contributed by atoms with Gasteiger partial charge in [-0.2, -0.15) is 0 Å². The Balaban J connectivity index is 0.000000284. The Hall–Kier alpha value is -1.22. The van der Waals surface area contributed by atoms with E-state index in [1.54, 1.807) is 0 Å². The van der Waals surface area contributed by atoms with Crippen molar-refractivity contribution >= 4 is 0 Å². The van der Waals surface area contributed by atoms with Crippen molar-refractivity contribution < 1.29 is 45.2 Å². The van der Waals surface area contributed by atoms with Crippen LogP contribution in [-0.4, -0.2) is 10.2 Å². The van der Waals surface area contributed by atoms with Gasteiger partial charge in [-0.05, 0) is 48.5 Å². The van der Waals surface area contributed by atoms with Gasteiger partial charge in [0, 0.05) is 26.2 Å². The van der Waals surface area contributed by atoms with E-state index in [2.05, 4.69) is 0 Å². The van der Waals surface area contributed by atoms with E-state index in [4.69, 9.17) is 10.2 Å². The molecule has 0 heterocycles. The summed E-state index contributed by atoms with van der Waals surface area (Å²) in [4.78, 5) is 0. The largest absolute Gasteiger partial charge is 0.508 e. The van der Waals surface area contributed by atoms with Crippen LogP contribution in [0.25, 0.3) is 0 Å². The molecule has 0 amide bonds. The standard InChI is InChI=1S/2C6H5FO.Zr/c2*7-5-1-3-6(8)4-2-5;/h2*1-4,8H;. The van der Waals surface area contributed by atoms with E-state index < -0.39 is 0 Å². The van der Waals surface area contributed by atoms with Gasteiger partial charge in [0.2, 0.25) is 0 Å². The maximum Gasteiger partial charge on any atom is 0.123 e. The summed E-state index contributed by atoms with van der Waals surface area (Å²) in [6.45, 7) is 0. The van der Waals surface area contributed by atoms with Crippen LogP contribution in [0.4, 0.5) is 8.78 Å². The molecular formula is C12H10F2O2Zr. The van der Waals surface area contributed by atoms with Crippen LogP contribution in [0, 0.1) is 11.6 Å². The Morgan fingerprint density at radius 3 is 1.00 bits per heavy atom. The third kappa shape index (κ3) is 6.85. The molecule has 0 aromatic heterocycles. The first-order valence-corrected chi connectivity index (χ1v) is 4.47. The Bertz CT molecular complexity index is 344. The quantitative estimate of drug-likeness (QED) is 0.784. The van der Waals surface area contributed by atoms with Gasteiger partial charge >= 0.3 is 0 Å². The van der Waals surface area contributed by atoms with Crippen LogP contribution in [0.3, 0.4) is 0 Å². The van der Waals surface area contributed by atoms with Crippen molar-refractivity contribution in [3.63, 3.8) is 0 Å². The van der Waals surface area contributed by atoms with E-state index in [9.17, 15) is 8.78 Å². The van der Waals surface area contributed by atoms with Gasteiger partial charge in [0.15, 0.2) is 0 Å². The number of benzene rings is 2. The Morgan fingerprint density at radius 1 is 0.588 bits per heavy atom. The van der Waals surface area contributed by atoms with Crippen LogP contribution in [0.15, 0.2) is 48.5 Å². The molecule has 2 aromatic carbocycles. The summed E-state index contributed by atoms with van der Waals surface area (Å²) >= 11 is 0. The van der Waals surface area contributed by atoms with Crippen LogP contribution in [0.5, 0.6) is 11.5 Å². The Labute approximate surface area is 117 Å². The fraction of sp³-hybridized carbons (Fsp3) is 0. The number of halogens is 2. The van der Waals surface area contributed by atoms with E-state index >= 15 is 0 Å². The molecule has 0 spiro atoms. The van der Waals surface area contributed by atoms with Crippen LogP contribution in [0.1, 0.15) is 0 Å². The Kier molecular flexibility index (Phi) is 7.39. The number of rotatable bonds is 0. The first kappa shape index (κ1) is 15.8. The molecule has 2 rings (SSSR count). The molecule has 0 aliphatic heterocycles. The summed E-state index contributed by atoms with van der Waals surface area (Å²) in [5, 5.41) is 17.2. The molecular weight excluding hydrogens is 305 g/mol. The average molecular weight is 315 g/mol. The summed E-state index contributed by atoms with van der Waals surface area (Å²) in [5.41, 5.74) is 0. The van der Waals surface area contributed by atoms with Crippen molar-refractivity contribution in [3.8, 4) is 11.5 Å². The second-order valence-corrected chi connectivity index (χ2v) is 2.95. The SMILES string of the molecule is Oc1ccc(F)cc1.Oc1ccc(F)cc1.[Zr]. The van der Waals surface area contributed by atoms with Gasteiger partial charge in [0.25, 0.3) is 0 Å². The second-order valence-electron chi connectivity index (χ2n) is 2.95. The summed E-state index contributed by atoms with van der Waals surface area (Å²) in [6, 6.07) is 10.0. The van der Waals surface area contributed by atoms with Gasteiger partial charge < -0.3 is 10.2 Å². The van der Waals surface area contributed by atoms with Gasteiger partial charge in [0.05, 0.1) is 0 Å². The number of phenolic OH excluding ortho intramolecular Hbond substituents is 2. The molecule has 0 aliphatic carbocycles. The monoisotopic (exact) mass is 314 g/mol. The van der Waals surface area contributed by atoms with Crippen molar-refractivity contribution in [2.45, 2.75) is 0 Å².